The molecule has 11 heavy (non-hydrogen) atoms. The fourth-order valence-electron chi connectivity index (χ4n) is 1.21. The first-order valence-electron chi connectivity index (χ1n) is 4.02. The van der Waals surface area contributed by atoms with Crippen LogP contribution >= 0.6 is 0 Å². The highest BCUT2D eigenvalue weighted by Gasteiger charge is 2.38. The first-order valence-corrected chi connectivity index (χ1v) is 4.02. The summed E-state index contributed by atoms with van der Waals surface area (Å²) in [5, 5.41) is 0. The number of amides is 1. The minimum Gasteiger partial charge on any atom is -0.369 e. The third-order valence-corrected chi connectivity index (χ3v) is 2.18. The van der Waals surface area contributed by atoms with E-state index in [1.165, 1.54) is 0 Å². The Balaban J connectivity index is 2.48. The Kier molecular flexibility index (Phi) is 2.27. The van der Waals surface area contributed by atoms with E-state index in [0.29, 0.717) is 6.54 Å². The molecule has 1 heterocycles. The molecule has 2 N–H and O–H groups in total. The van der Waals surface area contributed by atoms with Crippen LogP contribution in [0.2, 0.25) is 0 Å². The van der Waals surface area contributed by atoms with Gasteiger partial charge in [0, 0.05) is 6.21 Å². The summed E-state index contributed by atoms with van der Waals surface area (Å²) in [5.41, 5.74) is 4.86. The number of carbonyl (C=O) groups excluding carboxylic acids is 1. The van der Waals surface area contributed by atoms with Gasteiger partial charge in [0.15, 0.2) is 0 Å². The summed E-state index contributed by atoms with van der Waals surface area (Å²) >= 11 is 0. The van der Waals surface area contributed by atoms with E-state index in [4.69, 9.17) is 5.73 Å². The summed E-state index contributed by atoms with van der Waals surface area (Å²) < 4.78 is 0. The SMILES string of the molecule is CCCC[C@@]1(C(N)=O)C=NC1. The molecule has 0 aromatic carbocycles. The van der Waals surface area contributed by atoms with Crippen molar-refractivity contribution in [1.82, 2.24) is 0 Å². The van der Waals surface area contributed by atoms with Gasteiger partial charge in [-0.3, -0.25) is 9.79 Å². The molecule has 0 radical (unpaired) electrons. The summed E-state index contributed by atoms with van der Waals surface area (Å²) in [7, 11) is 0. The van der Waals surface area contributed by atoms with Crippen molar-refractivity contribution in [2.45, 2.75) is 26.2 Å². The van der Waals surface area contributed by atoms with Crippen LogP contribution < -0.4 is 5.73 Å². The standard InChI is InChI=1S/C8H14N2O/c1-2-3-4-8(7(9)11)5-10-6-8/h5H,2-4,6H2,1H3,(H2,9,11)/t8-/m1/s1. The molecule has 0 bridgehead atoms. The number of hydrogen-bond donors (Lipinski definition) is 1. The number of rotatable bonds is 4. The molecule has 3 nitrogen and oxygen atoms in total. The second kappa shape index (κ2) is 3.03. The van der Waals surface area contributed by atoms with Crippen molar-refractivity contribution in [2.75, 3.05) is 6.54 Å². The van der Waals surface area contributed by atoms with Gasteiger partial charge in [0.05, 0.1) is 6.54 Å². The molecule has 0 aromatic heterocycles. The van der Waals surface area contributed by atoms with Crippen LogP contribution in [0.5, 0.6) is 0 Å². The van der Waals surface area contributed by atoms with Crippen LogP contribution in [0.1, 0.15) is 26.2 Å². The molecule has 1 amide bonds. The van der Waals surface area contributed by atoms with Gasteiger partial charge in [-0.2, -0.15) is 0 Å². The minimum atomic E-state index is -0.379. The molecular weight excluding hydrogens is 140 g/mol. The second-order valence-electron chi connectivity index (χ2n) is 3.09. The van der Waals surface area contributed by atoms with Gasteiger partial charge in [0.2, 0.25) is 5.91 Å². The summed E-state index contributed by atoms with van der Waals surface area (Å²) in [6.07, 6.45) is 4.71. The predicted octanol–water partition coefficient (Wildman–Crippen LogP) is 0.733. The van der Waals surface area contributed by atoms with Gasteiger partial charge >= 0.3 is 0 Å². The van der Waals surface area contributed by atoms with E-state index in [2.05, 4.69) is 11.9 Å². The van der Waals surface area contributed by atoms with Crippen molar-refractivity contribution in [1.29, 1.82) is 0 Å². The first-order chi connectivity index (χ1) is 5.21. The summed E-state index contributed by atoms with van der Waals surface area (Å²) in [6.45, 7) is 2.70. The number of primary amides is 1. The third-order valence-electron chi connectivity index (χ3n) is 2.18. The predicted molar refractivity (Wildman–Crippen MR) is 44.5 cm³/mol. The monoisotopic (exact) mass is 154 g/mol. The lowest BCUT2D eigenvalue weighted by Gasteiger charge is -2.30. The summed E-state index contributed by atoms with van der Waals surface area (Å²) in [4.78, 5) is 14.9. The molecule has 1 aliphatic rings. The van der Waals surface area contributed by atoms with Gasteiger partial charge in [-0.25, -0.2) is 0 Å². The number of nitrogens with zero attached hydrogens (tertiary/aromatic N) is 1. The zero-order chi connectivity index (χ0) is 8.32. The largest absolute Gasteiger partial charge is 0.369 e. The molecule has 0 unspecified atom stereocenters. The van der Waals surface area contributed by atoms with E-state index in [1.54, 1.807) is 6.21 Å². The molecule has 0 aromatic rings. The van der Waals surface area contributed by atoms with Gasteiger partial charge in [-0.1, -0.05) is 19.8 Å². The first kappa shape index (κ1) is 8.24. The van der Waals surface area contributed by atoms with E-state index in [0.717, 1.165) is 19.3 Å². The highest BCUT2D eigenvalue weighted by atomic mass is 16.1. The number of nitrogens with two attached hydrogens (primary N) is 1. The Morgan fingerprint density at radius 3 is 2.73 bits per heavy atom. The topological polar surface area (TPSA) is 55.5 Å². The Bertz CT molecular complexity index is 189. The van der Waals surface area contributed by atoms with Crippen molar-refractivity contribution >= 4 is 12.1 Å². The maximum atomic E-state index is 10.9. The second-order valence-corrected chi connectivity index (χ2v) is 3.09. The number of carbonyl (C=O) groups is 1. The number of unbranched alkanes of at least 4 members (excludes halogenated alkanes) is 1. The van der Waals surface area contributed by atoms with Crippen molar-refractivity contribution in [3.8, 4) is 0 Å². The molecular formula is C8H14N2O. The smallest absolute Gasteiger partial charge is 0.230 e. The minimum absolute atomic E-state index is 0.221. The van der Waals surface area contributed by atoms with Gasteiger partial charge < -0.3 is 5.73 Å². The van der Waals surface area contributed by atoms with Crippen molar-refractivity contribution in [3.05, 3.63) is 0 Å². The van der Waals surface area contributed by atoms with Gasteiger partial charge in [0.25, 0.3) is 0 Å². The van der Waals surface area contributed by atoms with E-state index in [-0.39, 0.29) is 11.3 Å². The number of aliphatic imine (C=N–C) groups is 1. The maximum absolute atomic E-state index is 10.9. The van der Waals surface area contributed by atoms with E-state index in [1.807, 2.05) is 0 Å². The maximum Gasteiger partial charge on any atom is 0.230 e. The van der Waals surface area contributed by atoms with Crippen LogP contribution in [-0.2, 0) is 4.79 Å². The molecule has 62 valence electrons. The summed E-state index contributed by atoms with van der Waals surface area (Å²) in [5.74, 6) is -0.221. The van der Waals surface area contributed by atoms with Crippen LogP contribution in [-0.4, -0.2) is 18.7 Å². The lowest BCUT2D eigenvalue weighted by Crippen LogP contribution is -2.46. The zero-order valence-electron chi connectivity index (χ0n) is 6.84. The van der Waals surface area contributed by atoms with Crippen molar-refractivity contribution < 1.29 is 4.79 Å². The third kappa shape index (κ3) is 1.42. The van der Waals surface area contributed by atoms with Crippen molar-refractivity contribution in [3.63, 3.8) is 0 Å². The van der Waals surface area contributed by atoms with Crippen LogP contribution in [0.15, 0.2) is 4.99 Å². The summed E-state index contributed by atoms with van der Waals surface area (Å²) in [6, 6.07) is 0. The Labute approximate surface area is 66.7 Å². The highest BCUT2D eigenvalue weighted by molar-refractivity contribution is 6.00. The van der Waals surface area contributed by atoms with Gasteiger partial charge in [-0.05, 0) is 6.42 Å². The quantitative estimate of drug-likeness (QED) is 0.637. The fourth-order valence-corrected chi connectivity index (χ4v) is 1.21. The normalized spacial score (nSPS) is 28.1. The van der Waals surface area contributed by atoms with Crippen molar-refractivity contribution in [2.24, 2.45) is 16.1 Å². The molecule has 0 saturated heterocycles. The number of hydrogen-bond acceptors (Lipinski definition) is 2. The van der Waals surface area contributed by atoms with Gasteiger partial charge in [-0.15, -0.1) is 0 Å². The zero-order valence-corrected chi connectivity index (χ0v) is 6.84. The van der Waals surface area contributed by atoms with E-state index in [9.17, 15) is 4.79 Å². The highest BCUT2D eigenvalue weighted by Crippen LogP contribution is 2.28. The Morgan fingerprint density at radius 2 is 2.45 bits per heavy atom. The molecule has 1 aliphatic heterocycles. The molecule has 0 spiro atoms. The molecule has 0 fully saturated rings. The van der Waals surface area contributed by atoms with Crippen LogP contribution in [0.3, 0.4) is 0 Å². The van der Waals surface area contributed by atoms with Crippen LogP contribution in [0.4, 0.5) is 0 Å². The molecule has 0 aliphatic carbocycles. The van der Waals surface area contributed by atoms with Gasteiger partial charge in [0.1, 0.15) is 5.41 Å². The van der Waals surface area contributed by atoms with Crippen LogP contribution in [0, 0.1) is 5.41 Å². The lowest BCUT2D eigenvalue weighted by atomic mass is 9.80. The average molecular weight is 154 g/mol. The molecule has 1 atom stereocenters. The molecule has 0 saturated carbocycles. The van der Waals surface area contributed by atoms with E-state index >= 15 is 0 Å². The van der Waals surface area contributed by atoms with E-state index < -0.39 is 0 Å². The lowest BCUT2D eigenvalue weighted by molar-refractivity contribution is -0.124. The average Bonchev–Trinajstić information content (AvgIpc) is 1.85. The Morgan fingerprint density at radius 1 is 1.82 bits per heavy atom. The Hall–Kier alpha value is -0.860. The molecule has 3 heteroatoms. The molecule has 1 rings (SSSR count). The fraction of sp³-hybridized carbons (Fsp3) is 0.750. The van der Waals surface area contributed by atoms with Crippen LogP contribution in [0.25, 0.3) is 0 Å².